The number of rotatable bonds is 5. The van der Waals surface area contributed by atoms with E-state index in [1.54, 1.807) is 36.5 Å². The molecule has 3 aromatic heterocycles. The molecule has 10 heteroatoms. The number of hydrogen-bond acceptors (Lipinski definition) is 7. The molecule has 3 heterocycles. The first-order chi connectivity index (χ1) is 13.5. The van der Waals surface area contributed by atoms with E-state index in [4.69, 9.17) is 11.6 Å². The van der Waals surface area contributed by atoms with Gasteiger partial charge in [0.25, 0.3) is 5.56 Å². The molecule has 0 saturated carbocycles. The number of benzene rings is 1. The highest BCUT2D eigenvalue weighted by atomic mass is 35.5. The maximum Gasteiger partial charge on any atom is 0.263 e. The van der Waals surface area contributed by atoms with Crippen molar-refractivity contribution >= 4 is 22.6 Å². The molecule has 9 nitrogen and oxygen atoms in total. The number of tetrazole rings is 1. The van der Waals surface area contributed by atoms with Crippen LogP contribution in [-0.4, -0.2) is 39.8 Å². The zero-order chi connectivity index (χ0) is 19.7. The SMILES string of the molecule is Cc1ccnc2ncn(Cc3nnn(CC(O)c4ccc(Cl)cc4)n3)c(=O)c12. The third kappa shape index (κ3) is 3.62. The minimum Gasteiger partial charge on any atom is -0.386 e. The first-order valence-corrected chi connectivity index (χ1v) is 8.90. The predicted octanol–water partition coefficient (Wildman–Crippen LogP) is 1.52. The van der Waals surface area contributed by atoms with Gasteiger partial charge in [-0.2, -0.15) is 4.80 Å². The van der Waals surface area contributed by atoms with Gasteiger partial charge in [-0.1, -0.05) is 23.7 Å². The summed E-state index contributed by atoms with van der Waals surface area (Å²) in [4.78, 5) is 22.3. The molecule has 0 aliphatic rings. The Balaban J connectivity index is 1.53. The molecular weight excluding hydrogens is 382 g/mol. The van der Waals surface area contributed by atoms with Crippen LogP contribution in [0.3, 0.4) is 0 Å². The summed E-state index contributed by atoms with van der Waals surface area (Å²) < 4.78 is 1.41. The van der Waals surface area contributed by atoms with Crippen LogP contribution in [0.1, 0.15) is 23.1 Å². The smallest absolute Gasteiger partial charge is 0.263 e. The third-order valence-electron chi connectivity index (χ3n) is 4.33. The molecule has 0 bridgehead atoms. The van der Waals surface area contributed by atoms with Crippen molar-refractivity contribution in [1.82, 2.24) is 34.7 Å². The van der Waals surface area contributed by atoms with Crippen molar-refractivity contribution in [3.05, 3.63) is 75.2 Å². The highest BCUT2D eigenvalue weighted by molar-refractivity contribution is 6.30. The fourth-order valence-corrected chi connectivity index (χ4v) is 2.98. The van der Waals surface area contributed by atoms with Crippen molar-refractivity contribution < 1.29 is 5.11 Å². The van der Waals surface area contributed by atoms with Gasteiger partial charge in [0.2, 0.25) is 0 Å². The number of pyridine rings is 1. The van der Waals surface area contributed by atoms with Crippen molar-refractivity contribution in [2.75, 3.05) is 0 Å². The van der Waals surface area contributed by atoms with Gasteiger partial charge >= 0.3 is 0 Å². The van der Waals surface area contributed by atoms with Crippen LogP contribution in [-0.2, 0) is 13.1 Å². The van der Waals surface area contributed by atoms with Crippen molar-refractivity contribution in [3.63, 3.8) is 0 Å². The minimum atomic E-state index is -0.807. The summed E-state index contributed by atoms with van der Waals surface area (Å²) in [5, 5.41) is 23.5. The van der Waals surface area contributed by atoms with Crippen LogP contribution in [0.15, 0.2) is 47.7 Å². The first kappa shape index (κ1) is 18.2. The average molecular weight is 398 g/mol. The van der Waals surface area contributed by atoms with E-state index in [2.05, 4.69) is 25.4 Å². The van der Waals surface area contributed by atoms with Crippen molar-refractivity contribution in [1.29, 1.82) is 0 Å². The van der Waals surface area contributed by atoms with Crippen LogP contribution in [0.4, 0.5) is 0 Å². The van der Waals surface area contributed by atoms with Gasteiger partial charge in [0, 0.05) is 11.2 Å². The second-order valence-corrected chi connectivity index (χ2v) is 6.77. The van der Waals surface area contributed by atoms with Crippen LogP contribution in [0.2, 0.25) is 5.02 Å². The van der Waals surface area contributed by atoms with E-state index >= 15 is 0 Å². The van der Waals surface area contributed by atoms with E-state index in [9.17, 15) is 9.90 Å². The molecule has 4 aromatic rings. The largest absolute Gasteiger partial charge is 0.386 e. The number of halogens is 1. The van der Waals surface area contributed by atoms with Crippen LogP contribution < -0.4 is 5.56 Å². The molecule has 1 N–H and O–H groups in total. The monoisotopic (exact) mass is 397 g/mol. The third-order valence-corrected chi connectivity index (χ3v) is 4.58. The Morgan fingerprint density at radius 3 is 2.75 bits per heavy atom. The molecule has 0 aliphatic carbocycles. The molecule has 142 valence electrons. The first-order valence-electron chi connectivity index (χ1n) is 8.52. The summed E-state index contributed by atoms with van der Waals surface area (Å²) in [6.45, 7) is 2.08. The lowest BCUT2D eigenvalue weighted by molar-refractivity contribution is 0.144. The molecule has 1 aromatic carbocycles. The minimum absolute atomic E-state index is 0.118. The van der Waals surface area contributed by atoms with Crippen LogP contribution in [0, 0.1) is 6.92 Å². The van der Waals surface area contributed by atoms with Crippen molar-refractivity contribution in [2.45, 2.75) is 26.1 Å². The summed E-state index contributed by atoms with van der Waals surface area (Å²) in [6, 6.07) is 8.65. The van der Waals surface area contributed by atoms with E-state index < -0.39 is 6.10 Å². The van der Waals surface area contributed by atoms with Crippen molar-refractivity contribution in [2.24, 2.45) is 0 Å². The Kier molecular flexibility index (Phi) is 4.84. The van der Waals surface area contributed by atoms with Gasteiger partial charge in [-0.05, 0) is 41.5 Å². The quantitative estimate of drug-likeness (QED) is 0.543. The van der Waals surface area contributed by atoms with Gasteiger partial charge in [0.1, 0.15) is 12.4 Å². The van der Waals surface area contributed by atoms with Gasteiger partial charge < -0.3 is 5.11 Å². The number of aliphatic hydroxyl groups excluding tert-OH is 1. The lowest BCUT2D eigenvalue weighted by Crippen LogP contribution is -2.23. The number of nitrogens with zero attached hydrogens (tertiary/aromatic N) is 7. The van der Waals surface area contributed by atoms with Gasteiger partial charge in [0.15, 0.2) is 11.5 Å². The van der Waals surface area contributed by atoms with Gasteiger partial charge in [-0.15, -0.1) is 10.2 Å². The summed E-state index contributed by atoms with van der Waals surface area (Å²) in [5.74, 6) is 0.341. The predicted molar refractivity (Wildman–Crippen MR) is 102 cm³/mol. The molecule has 1 atom stereocenters. The Hall–Kier alpha value is -3.17. The van der Waals surface area contributed by atoms with E-state index in [-0.39, 0.29) is 18.6 Å². The van der Waals surface area contributed by atoms with Crippen molar-refractivity contribution in [3.8, 4) is 0 Å². The Bertz CT molecular complexity index is 1190. The van der Waals surface area contributed by atoms with E-state index in [1.807, 2.05) is 6.92 Å². The zero-order valence-electron chi connectivity index (χ0n) is 14.9. The number of fused-ring (bicyclic) bond motifs is 1. The van der Waals surface area contributed by atoms with E-state index in [0.717, 1.165) is 5.56 Å². The standard InChI is InChI=1S/C18H16ClN7O2/c1-11-6-7-20-17-16(11)18(28)25(10-21-17)9-15-22-24-26(23-15)8-14(27)12-2-4-13(19)5-3-12/h2-7,10,14,27H,8-9H2,1H3. The lowest BCUT2D eigenvalue weighted by atomic mass is 10.1. The summed E-state index contributed by atoms with van der Waals surface area (Å²) in [6.07, 6.45) is 2.23. The number of aliphatic hydroxyl groups is 1. The molecule has 0 saturated heterocycles. The maximum absolute atomic E-state index is 12.7. The summed E-state index contributed by atoms with van der Waals surface area (Å²) >= 11 is 5.86. The zero-order valence-corrected chi connectivity index (χ0v) is 15.7. The summed E-state index contributed by atoms with van der Waals surface area (Å²) in [5.41, 5.74) is 1.69. The Morgan fingerprint density at radius 1 is 1.18 bits per heavy atom. The Morgan fingerprint density at radius 2 is 1.96 bits per heavy atom. The van der Waals surface area contributed by atoms with E-state index in [0.29, 0.717) is 27.4 Å². The molecule has 0 aliphatic heterocycles. The molecule has 1 unspecified atom stereocenters. The highest BCUT2D eigenvalue weighted by Gasteiger charge is 2.13. The van der Waals surface area contributed by atoms with Crippen LogP contribution >= 0.6 is 11.6 Å². The fourth-order valence-electron chi connectivity index (χ4n) is 2.85. The summed E-state index contributed by atoms with van der Waals surface area (Å²) in [7, 11) is 0. The molecule has 0 spiro atoms. The maximum atomic E-state index is 12.7. The molecule has 0 amide bonds. The number of aromatic nitrogens is 7. The van der Waals surface area contributed by atoms with Gasteiger partial charge in [0.05, 0.1) is 18.5 Å². The van der Waals surface area contributed by atoms with Crippen LogP contribution in [0.25, 0.3) is 11.0 Å². The number of hydrogen-bond donors (Lipinski definition) is 1. The molecule has 0 fully saturated rings. The normalized spacial score (nSPS) is 12.4. The lowest BCUT2D eigenvalue weighted by Gasteiger charge is -2.09. The highest BCUT2D eigenvalue weighted by Crippen LogP contribution is 2.17. The molecular formula is C18H16ClN7O2. The topological polar surface area (TPSA) is 112 Å². The van der Waals surface area contributed by atoms with E-state index in [1.165, 1.54) is 15.7 Å². The molecule has 28 heavy (non-hydrogen) atoms. The van der Waals surface area contributed by atoms with Gasteiger partial charge in [-0.3, -0.25) is 9.36 Å². The second kappa shape index (κ2) is 7.45. The van der Waals surface area contributed by atoms with Gasteiger partial charge in [-0.25, -0.2) is 9.97 Å². The van der Waals surface area contributed by atoms with Crippen LogP contribution in [0.5, 0.6) is 0 Å². The molecule has 4 rings (SSSR count). The Labute approximate surface area is 164 Å². The molecule has 0 radical (unpaired) electrons. The fraction of sp³-hybridized carbons (Fsp3) is 0.222. The average Bonchev–Trinajstić information content (AvgIpc) is 3.11. The number of aryl methyl sites for hydroxylation is 1. The second-order valence-electron chi connectivity index (χ2n) is 6.33.